The summed E-state index contributed by atoms with van der Waals surface area (Å²) in [6.45, 7) is 4.70. The van der Waals surface area contributed by atoms with Gasteiger partial charge in [-0.05, 0) is 48.7 Å². The van der Waals surface area contributed by atoms with Crippen molar-refractivity contribution in [2.24, 2.45) is 0 Å². The van der Waals surface area contributed by atoms with Gasteiger partial charge in [0.25, 0.3) is 0 Å². The number of rotatable bonds is 5. The first-order chi connectivity index (χ1) is 11.6. The summed E-state index contributed by atoms with van der Waals surface area (Å²) in [7, 11) is 1.63. The van der Waals surface area contributed by atoms with Crippen LogP contribution in [-0.2, 0) is 17.8 Å². The summed E-state index contributed by atoms with van der Waals surface area (Å²) in [5.41, 5.74) is 4.07. The highest BCUT2D eigenvalue weighted by atomic mass is 16.7. The number of fused-ring (bicyclic) bond motifs is 1. The van der Waals surface area contributed by atoms with Crippen LogP contribution in [0.25, 0.3) is 0 Å². The molecule has 3 rings (SSSR count). The van der Waals surface area contributed by atoms with Crippen LogP contribution in [-0.4, -0.2) is 19.8 Å². The SMILES string of the molecule is COc1cc(C)cc(C)c1CC(=O)NCc1ccc2c(c1)OCO2. The first-order valence-corrected chi connectivity index (χ1v) is 7.86. The van der Waals surface area contributed by atoms with Crippen LogP contribution in [0.5, 0.6) is 17.2 Å². The summed E-state index contributed by atoms with van der Waals surface area (Å²) in [5, 5.41) is 2.94. The van der Waals surface area contributed by atoms with E-state index in [-0.39, 0.29) is 12.7 Å². The van der Waals surface area contributed by atoms with E-state index in [1.807, 2.05) is 38.1 Å². The van der Waals surface area contributed by atoms with Crippen molar-refractivity contribution in [2.75, 3.05) is 13.9 Å². The van der Waals surface area contributed by atoms with E-state index in [1.165, 1.54) is 0 Å². The lowest BCUT2D eigenvalue weighted by molar-refractivity contribution is -0.120. The van der Waals surface area contributed by atoms with E-state index in [1.54, 1.807) is 7.11 Å². The van der Waals surface area contributed by atoms with Crippen LogP contribution >= 0.6 is 0 Å². The number of hydrogen-bond acceptors (Lipinski definition) is 4. The number of carbonyl (C=O) groups excluding carboxylic acids is 1. The molecule has 1 amide bonds. The molecule has 0 unspecified atom stereocenters. The summed E-state index contributed by atoms with van der Waals surface area (Å²) >= 11 is 0. The van der Waals surface area contributed by atoms with Gasteiger partial charge in [0.1, 0.15) is 5.75 Å². The van der Waals surface area contributed by atoms with Crippen molar-refractivity contribution >= 4 is 5.91 Å². The van der Waals surface area contributed by atoms with Crippen molar-refractivity contribution in [1.29, 1.82) is 0 Å². The molecule has 2 aromatic carbocycles. The highest BCUT2D eigenvalue weighted by molar-refractivity contribution is 5.80. The zero-order valence-electron chi connectivity index (χ0n) is 14.1. The molecule has 0 spiro atoms. The first-order valence-electron chi connectivity index (χ1n) is 7.86. The van der Waals surface area contributed by atoms with Crippen LogP contribution in [0.15, 0.2) is 30.3 Å². The van der Waals surface area contributed by atoms with Gasteiger partial charge in [0.2, 0.25) is 12.7 Å². The predicted octanol–water partition coefficient (Wildman–Crippen LogP) is 2.90. The lowest BCUT2D eigenvalue weighted by atomic mass is 10.0. The van der Waals surface area contributed by atoms with Gasteiger partial charge in [-0.3, -0.25) is 4.79 Å². The number of carbonyl (C=O) groups is 1. The zero-order valence-corrected chi connectivity index (χ0v) is 14.1. The Morgan fingerprint density at radius 1 is 1.17 bits per heavy atom. The molecule has 0 aromatic heterocycles. The van der Waals surface area contributed by atoms with Crippen LogP contribution in [0.2, 0.25) is 0 Å². The Bertz CT molecular complexity index is 770. The van der Waals surface area contributed by atoms with E-state index in [0.29, 0.717) is 13.0 Å². The molecule has 2 aromatic rings. The van der Waals surface area contributed by atoms with Gasteiger partial charge in [0, 0.05) is 12.1 Å². The van der Waals surface area contributed by atoms with Crippen molar-refractivity contribution in [3.63, 3.8) is 0 Å². The van der Waals surface area contributed by atoms with E-state index < -0.39 is 0 Å². The molecule has 5 heteroatoms. The van der Waals surface area contributed by atoms with Gasteiger partial charge in [-0.1, -0.05) is 12.1 Å². The Morgan fingerprint density at radius 2 is 1.96 bits per heavy atom. The molecule has 1 heterocycles. The highest BCUT2D eigenvalue weighted by Gasteiger charge is 2.15. The fraction of sp³-hybridized carbons (Fsp3) is 0.316. The Labute approximate surface area is 141 Å². The monoisotopic (exact) mass is 327 g/mol. The quantitative estimate of drug-likeness (QED) is 0.917. The van der Waals surface area contributed by atoms with E-state index >= 15 is 0 Å². The molecule has 126 valence electrons. The molecule has 0 saturated heterocycles. The second-order valence-electron chi connectivity index (χ2n) is 5.90. The van der Waals surface area contributed by atoms with Gasteiger partial charge in [0.05, 0.1) is 13.5 Å². The van der Waals surface area contributed by atoms with Gasteiger partial charge in [-0.15, -0.1) is 0 Å². The molecular formula is C19H21NO4. The van der Waals surface area contributed by atoms with Crippen molar-refractivity contribution in [2.45, 2.75) is 26.8 Å². The first kappa shape index (κ1) is 16.2. The molecule has 0 atom stereocenters. The van der Waals surface area contributed by atoms with Crippen molar-refractivity contribution < 1.29 is 19.0 Å². The van der Waals surface area contributed by atoms with E-state index in [0.717, 1.165) is 39.5 Å². The molecule has 5 nitrogen and oxygen atoms in total. The number of aryl methyl sites for hydroxylation is 2. The zero-order chi connectivity index (χ0) is 17.1. The molecule has 1 N–H and O–H groups in total. The minimum Gasteiger partial charge on any atom is -0.496 e. The van der Waals surface area contributed by atoms with Gasteiger partial charge >= 0.3 is 0 Å². The average Bonchev–Trinajstić information content (AvgIpc) is 3.02. The Hall–Kier alpha value is -2.69. The Kier molecular flexibility index (Phi) is 4.60. The minimum absolute atomic E-state index is 0.0436. The lowest BCUT2D eigenvalue weighted by Gasteiger charge is -2.13. The van der Waals surface area contributed by atoms with Gasteiger partial charge in [-0.2, -0.15) is 0 Å². The van der Waals surface area contributed by atoms with Crippen molar-refractivity contribution in [3.8, 4) is 17.2 Å². The van der Waals surface area contributed by atoms with Crippen LogP contribution in [0.1, 0.15) is 22.3 Å². The molecule has 0 aliphatic carbocycles. The summed E-state index contributed by atoms with van der Waals surface area (Å²) in [6.07, 6.45) is 0.292. The molecule has 0 bridgehead atoms. The lowest BCUT2D eigenvalue weighted by Crippen LogP contribution is -2.25. The van der Waals surface area contributed by atoms with Gasteiger partial charge < -0.3 is 19.5 Å². The van der Waals surface area contributed by atoms with Crippen molar-refractivity contribution in [3.05, 3.63) is 52.6 Å². The maximum absolute atomic E-state index is 12.3. The normalized spacial score (nSPS) is 12.1. The standard InChI is InChI=1S/C19H21NO4/c1-12-6-13(2)15(17(7-12)22-3)9-19(21)20-10-14-4-5-16-18(8-14)24-11-23-16/h4-8H,9-11H2,1-3H3,(H,20,21). The molecule has 24 heavy (non-hydrogen) atoms. The summed E-state index contributed by atoms with van der Waals surface area (Å²) in [5.74, 6) is 2.17. The molecular weight excluding hydrogens is 306 g/mol. The van der Waals surface area contributed by atoms with Crippen LogP contribution in [0.3, 0.4) is 0 Å². The molecule has 0 saturated carbocycles. The summed E-state index contributed by atoms with van der Waals surface area (Å²) in [4.78, 5) is 12.3. The Balaban J connectivity index is 1.64. The smallest absolute Gasteiger partial charge is 0.231 e. The number of benzene rings is 2. The maximum atomic E-state index is 12.3. The number of amides is 1. The number of methoxy groups -OCH3 is 1. The highest BCUT2D eigenvalue weighted by Crippen LogP contribution is 2.32. The maximum Gasteiger partial charge on any atom is 0.231 e. The van der Waals surface area contributed by atoms with Crippen LogP contribution in [0, 0.1) is 13.8 Å². The largest absolute Gasteiger partial charge is 0.496 e. The minimum atomic E-state index is -0.0436. The van der Waals surface area contributed by atoms with E-state index in [4.69, 9.17) is 14.2 Å². The third-order valence-corrected chi connectivity index (χ3v) is 4.06. The topological polar surface area (TPSA) is 56.8 Å². The molecule has 1 aliphatic heterocycles. The predicted molar refractivity (Wildman–Crippen MR) is 90.6 cm³/mol. The van der Waals surface area contributed by atoms with E-state index in [9.17, 15) is 4.79 Å². The number of nitrogens with one attached hydrogen (secondary N) is 1. The second-order valence-corrected chi connectivity index (χ2v) is 5.90. The fourth-order valence-electron chi connectivity index (χ4n) is 2.84. The molecule has 0 radical (unpaired) electrons. The number of ether oxygens (including phenoxy) is 3. The van der Waals surface area contributed by atoms with Crippen LogP contribution in [0.4, 0.5) is 0 Å². The fourth-order valence-corrected chi connectivity index (χ4v) is 2.84. The molecule has 1 aliphatic rings. The number of hydrogen-bond donors (Lipinski definition) is 1. The Morgan fingerprint density at radius 3 is 2.75 bits per heavy atom. The third kappa shape index (κ3) is 3.45. The summed E-state index contributed by atoms with van der Waals surface area (Å²) < 4.78 is 16.0. The third-order valence-electron chi connectivity index (χ3n) is 4.06. The van der Waals surface area contributed by atoms with Gasteiger partial charge in [-0.25, -0.2) is 0 Å². The van der Waals surface area contributed by atoms with E-state index in [2.05, 4.69) is 11.4 Å². The molecule has 0 fully saturated rings. The van der Waals surface area contributed by atoms with Crippen LogP contribution < -0.4 is 19.5 Å². The summed E-state index contributed by atoms with van der Waals surface area (Å²) in [6, 6.07) is 9.68. The second kappa shape index (κ2) is 6.83. The van der Waals surface area contributed by atoms with Gasteiger partial charge in [0.15, 0.2) is 11.5 Å². The van der Waals surface area contributed by atoms with Crippen molar-refractivity contribution in [1.82, 2.24) is 5.32 Å². The average molecular weight is 327 g/mol.